The molecule has 3 aromatic rings. The SMILES string of the molecule is COc1ccccc1-c1cn2nc(C)sc2n1. The molecule has 0 saturated heterocycles. The maximum Gasteiger partial charge on any atom is 0.212 e. The molecule has 0 aliphatic carbocycles. The molecule has 2 aromatic heterocycles. The molecule has 0 aliphatic rings. The number of nitrogens with zero attached hydrogens (tertiary/aromatic N) is 3. The molecule has 0 amide bonds. The summed E-state index contributed by atoms with van der Waals surface area (Å²) in [6, 6.07) is 7.85. The van der Waals surface area contributed by atoms with Crippen molar-refractivity contribution in [2.24, 2.45) is 0 Å². The van der Waals surface area contributed by atoms with Gasteiger partial charge in [-0.2, -0.15) is 5.10 Å². The quantitative estimate of drug-likeness (QED) is 0.697. The van der Waals surface area contributed by atoms with Crippen molar-refractivity contribution >= 4 is 16.3 Å². The zero-order valence-corrected chi connectivity index (χ0v) is 10.4. The fraction of sp³-hybridized carbons (Fsp3) is 0.167. The van der Waals surface area contributed by atoms with Gasteiger partial charge in [0.25, 0.3) is 0 Å². The Morgan fingerprint density at radius 2 is 2.12 bits per heavy atom. The lowest BCUT2D eigenvalue weighted by Crippen LogP contribution is -1.87. The van der Waals surface area contributed by atoms with Crippen molar-refractivity contribution in [1.82, 2.24) is 14.6 Å². The van der Waals surface area contributed by atoms with Gasteiger partial charge < -0.3 is 4.74 Å². The predicted octanol–water partition coefficient (Wildman–Crippen LogP) is 2.77. The summed E-state index contributed by atoms with van der Waals surface area (Å²) in [6.07, 6.45) is 1.93. The Morgan fingerprint density at radius 3 is 2.88 bits per heavy atom. The van der Waals surface area contributed by atoms with Crippen molar-refractivity contribution in [2.75, 3.05) is 7.11 Å². The summed E-state index contributed by atoms with van der Waals surface area (Å²) in [7, 11) is 1.67. The third kappa shape index (κ3) is 1.68. The Labute approximate surface area is 102 Å². The van der Waals surface area contributed by atoms with Crippen LogP contribution >= 0.6 is 11.3 Å². The van der Waals surface area contributed by atoms with Gasteiger partial charge in [-0.05, 0) is 19.1 Å². The molecule has 17 heavy (non-hydrogen) atoms. The normalized spacial score (nSPS) is 10.9. The monoisotopic (exact) mass is 245 g/mol. The minimum atomic E-state index is 0.829. The number of para-hydroxylation sites is 1. The lowest BCUT2D eigenvalue weighted by molar-refractivity contribution is 0.416. The second kappa shape index (κ2) is 3.85. The first-order valence-electron chi connectivity index (χ1n) is 5.24. The van der Waals surface area contributed by atoms with Gasteiger partial charge in [-0.1, -0.05) is 23.5 Å². The van der Waals surface area contributed by atoms with E-state index in [4.69, 9.17) is 4.74 Å². The van der Waals surface area contributed by atoms with Gasteiger partial charge >= 0.3 is 0 Å². The lowest BCUT2D eigenvalue weighted by atomic mass is 10.1. The summed E-state index contributed by atoms with van der Waals surface area (Å²) in [4.78, 5) is 5.46. The fourth-order valence-corrected chi connectivity index (χ4v) is 2.51. The van der Waals surface area contributed by atoms with Crippen molar-refractivity contribution in [3.8, 4) is 17.0 Å². The van der Waals surface area contributed by atoms with E-state index in [1.807, 2.05) is 41.9 Å². The van der Waals surface area contributed by atoms with Crippen molar-refractivity contribution in [1.29, 1.82) is 0 Å². The van der Waals surface area contributed by atoms with Crippen LogP contribution in [0.5, 0.6) is 5.75 Å². The van der Waals surface area contributed by atoms with Crippen LogP contribution in [-0.2, 0) is 0 Å². The van der Waals surface area contributed by atoms with Crippen LogP contribution in [0, 0.1) is 6.92 Å². The highest BCUT2D eigenvalue weighted by Gasteiger charge is 2.11. The van der Waals surface area contributed by atoms with Crippen LogP contribution in [0.3, 0.4) is 0 Å². The molecular weight excluding hydrogens is 234 g/mol. The number of fused-ring (bicyclic) bond motifs is 1. The van der Waals surface area contributed by atoms with Crippen LogP contribution in [0.15, 0.2) is 30.5 Å². The molecule has 0 bridgehead atoms. The largest absolute Gasteiger partial charge is 0.496 e. The lowest BCUT2D eigenvalue weighted by Gasteiger charge is -2.04. The number of aryl methyl sites for hydroxylation is 1. The summed E-state index contributed by atoms with van der Waals surface area (Å²) < 4.78 is 7.14. The minimum Gasteiger partial charge on any atom is -0.496 e. The Hall–Kier alpha value is -1.88. The van der Waals surface area contributed by atoms with E-state index in [-0.39, 0.29) is 0 Å². The number of hydrogen-bond acceptors (Lipinski definition) is 4. The number of ether oxygens (including phenoxy) is 1. The van der Waals surface area contributed by atoms with Gasteiger partial charge in [0, 0.05) is 5.56 Å². The van der Waals surface area contributed by atoms with E-state index in [9.17, 15) is 0 Å². The molecule has 0 unspecified atom stereocenters. The second-order valence-electron chi connectivity index (χ2n) is 3.67. The summed E-state index contributed by atoms with van der Waals surface area (Å²) in [6.45, 7) is 1.97. The van der Waals surface area contributed by atoms with Crippen molar-refractivity contribution in [3.63, 3.8) is 0 Å². The van der Waals surface area contributed by atoms with Crippen LogP contribution in [0.2, 0.25) is 0 Å². The number of benzene rings is 1. The van der Waals surface area contributed by atoms with Gasteiger partial charge in [0.1, 0.15) is 10.8 Å². The van der Waals surface area contributed by atoms with Crippen molar-refractivity contribution < 1.29 is 4.74 Å². The summed E-state index contributed by atoms with van der Waals surface area (Å²) >= 11 is 1.58. The predicted molar refractivity (Wildman–Crippen MR) is 67.6 cm³/mol. The van der Waals surface area contributed by atoms with Gasteiger partial charge in [-0.3, -0.25) is 0 Å². The smallest absolute Gasteiger partial charge is 0.212 e. The Bertz CT molecular complexity index is 640. The first-order chi connectivity index (χ1) is 8.28. The summed E-state index contributed by atoms with van der Waals surface area (Å²) in [5, 5.41) is 5.36. The van der Waals surface area contributed by atoms with E-state index < -0.39 is 0 Å². The van der Waals surface area contributed by atoms with E-state index in [1.165, 1.54) is 0 Å². The highest BCUT2D eigenvalue weighted by atomic mass is 32.1. The maximum absolute atomic E-state index is 5.33. The highest BCUT2D eigenvalue weighted by Crippen LogP contribution is 2.29. The standard InChI is InChI=1S/C12H11N3OS/c1-8-14-15-7-10(13-12(15)17-8)9-5-3-4-6-11(9)16-2/h3-7H,1-2H3. The third-order valence-corrected chi connectivity index (χ3v) is 3.37. The Morgan fingerprint density at radius 1 is 1.29 bits per heavy atom. The van der Waals surface area contributed by atoms with Gasteiger partial charge in [0.05, 0.1) is 19.0 Å². The average Bonchev–Trinajstić information content (AvgIpc) is 2.86. The molecule has 0 N–H and O–H groups in total. The molecule has 86 valence electrons. The average molecular weight is 245 g/mol. The van der Waals surface area contributed by atoms with E-state index in [0.717, 1.165) is 27.0 Å². The number of hydrogen-bond donors (Lipinski definition) is 0. The first-order valence-corrected chi connectivity index (χ1v) is 6.06. The van der Waals surface area contributed by atoms with Crippen molar-refractivity contribution in [2.45, 2.75) is 6.92 Å². The molecule has 2 heterocycles. The van der Waals surface area contributed by atoms with E-state index in [1.54, 1.807) is 18.4 Å². The van der Waals surface area contributed by atoms with Crippen LogP contribution in [0.4, 0.5) is 0 Å². The zero-order valence-electron chi connectivity index (χ0n) is 9.54. The minimum absolute atomic E-state index is 0.829. The van der Waals surface area contributed by atoms with Gasteiger partial charge in [0.15, 0.2) is 0 Å². The van der Waals surface area contributed by atoms with E-state index >= 15 is 0 Å². The first kappa shape index (κ1) is 10.3. The molecule has 0 spiro atoms. The summed E-state index contributed by atoms with van der Waals surface area (Å²) in [5.74, 6) is 0.829. The van der Waals surface area contributed by atoms with Crippen LogP contribution in [0.25, 0.3) is 16.2 Å². The van der Waals surface area contributed by atoms with Gasteiger partial charge in [-0.15, -0.1) is 0 Å². The van der Waals surface area contributed by atoms with Crippen molar-refractivity contribution in [3.05, 3.63) is 35.5 Å². The molecular formula is C12H11N3OS. The zero-order chi connectivity index (χ0) is 11.8. The van der Waals surface area contributed by atoms with Gasteiger partial charge in [-0.25, -0.2) is 9.50 Å². The number of imidazole rings is 1. The number of aromatic nitrogens is 3. The van der Waals surface area contributed by atoms with Crippen LogP contribution < -0.4 is 4.74 Å². The summed E-state index contributed by atoms with van der Waals surface area (Å²) in [5.41, 5.74) is 1.88. The highest BCUT2D eigenvalue weighted by molar-refractivity contribution is 7.16. The number of methoxy groups -OCH3 is 1. The molecule has 1 aromatic carbocycles. The molecule has 5 heteroatoms. The van der Waals surface area contributed by atoms with Gasteiger partial charge in [0.2, 0.25) is 4.96 Å². The van der Waals surface area contributed by atoms with Crippen LogP contribution in [0.1, 0.15) is 5.01 Å². The molecule has 3 rings (SSSR count). The number of rotatable bonds is 2. The Balaban J connectivity index is 2.16. The maximum atomic E-state index is 5.33. The van der Waals surface area contributed by atoms with E-state index in [2.05, 4.69) is 10.1 Å². The topological polar surface area (TPSA) is 39.4 Å². The molecule has 0 atom stereocenters. The Kier molecular flexibility index (Phi) is 2.33. The second-order valence-corrected chi connectivity index (χ2v) is 4.83. The third-order valence-electron chi connectivity index (χ3n) is 2.53. The fourth-order valence-electron chi connectivity index (χ4n) is 1.79. The molecule has 0 fully saturated rings. The molecule has 0 radical (unpaired) electrons. The molecule has 4 nitrogen and oxygen atoms in total. The molecule has 0 saturated carbocycles. The molecule has 0 aliphatic heterocycles. The van der Waals surface area contributed by atoms with E-state index in [0.29, 0.717) is 0 Å². The van der Waals surface area contributed by atoms with Crippen LogP contribution in [-0.4, -0.2) is 21.7 Å².